The van der Waals surface area contributed by atoms with Crippen LogP contribution in [0.1, 0.15) is 6.92 Å². The van der Waals surface area contributed by atoms with E-state index in [9.17, 15) is 8.42 Å². The van der Waals surface area contributed by atoms with Crippen molar-refractivity contribution in [3.63, 3.8) is 0 Å². The fourth-order valence-corrected chi connectivity index (χ4v) is 11.2. The molecule has 0 aromatic heterocycles. The topological polar surface area (TPSA) is 34.1 Å². The first-order valence-electron chi connectivity index (χ1n) is 3.67. The van der Waals surface area contributed by atoms with Crippen LogP contribution in [0.15, 0.2) is 0 Å². The molecule has 1 saturated heterocycles. The van der Waals surface area contributed by atoms with Gasteiger partial charge in [-0.05, 0) is 5.92 Å². The van der Waals surface area contributed by atoms with Crippen LogP contribution >= 0.6 is 33.1 Å². The zero-order valence-corrected chi connectivity index (χ0v) is 11.9. The van der Waals surface area contributed by atoms with E-state index in [1.165, 1.54) is 0 Å². The Hall–Kier alpha value is 1.67. The van der Waals surface area contributed by atoms with Crippen molar-refractivity contribution < 1.29 is 8.42 Å². The second-order valence-electron chi connectivity index (χ2n) is 3.16. The van der Waals surface area contributed by atoms with Gasteiger partial charge in [0.25, 0.3) is 0 Å². The second-order valence-corrected chi connectivity index (χ2v) is 14.9. The molecule has 0 N–H and O–H groups in total. The summed E-state index contributed by atoms with van der Waals surface area (Å²) in [5.74, 6) is 1.19. The molecule has 0 amide bonds. The summed E-state index contributed by atoms with van der Waals surface area (Å²) in [6.45, 7) is 2.05. The Morgan fingerprint density at radius 1 is 1.50 bits per heavy atom. The summed E-state index contributed by atoms with van der Waals surface area (Å²) in [4.78, 5) is 0. The minimum atomic E-state index is -2.70. The zero-order valence-electron chi connectivity index (χ0n) is 6.90. The molecule has 0 spiro atoms. The highest BCUT2D eigenvalue weighted by molar-refractivity contribution is 8.61. The molecule has 1 heterocycles. The van der Waals surface area contributed by atoms with Gasteiger partial charge in [0.05, 0.1) is 11.5 Å². The van der Waals surface area contributed by atoms with Gasteiger partial charge in [0.1, 0.15) is 0 Å². The highest BCUT2D eigenvalue weighted by atomic mass is 32.6. The van der Waals surface area contributed by atoms with E-state index in [4.69, 9.17) is 0 Å². The Kier molecular flexibility index (Phi) is 4.36. The minimum Gasteiger partial charge on any atom is -0.229 e. The first kappa shape index (κ1) is 11.7. The number of rotatable bonds is 2. The lowest BCUT2D eigenvalue weighted by Gasteiger charge is -2.19. The van der Waals surface area contributed by atoms with Crippen molar-refractivity contribution in [3.05, 3.63) is 0 Å². The quantitative estimate of drug-likeness (QED) is 0.714. The van der Waals surface area contributed by atoms with E-state index >= 15 is 0 Å². The highest BCUT2D eigenvalue weighted by Gasteiger charge is 2.37. The fraction of sp³-hybridized carbons (Fsp3) is 1.00. The van der Waals surface area contributed by atoms with Gasteiger partial charge in [-0.2, -0.15) is 0 Å². The van der Waals surface area contributed by atoms with Crippen LogP contribution in [-0.4, -0.2) is 25.6 Å². The molecule has 12 heavy (non-hydrogen) atoms. The summed E-state index contributed by atoms with van der Waals surface area (Å²) in [5, 5.41) is 0. The van der Waals surface area contributed by atoms with Gasteiger partial charge in [0.2, 0.25) is 0 Å². The molecular formula is C5H14O2P4S. The van der Waals surface area contributed by atoms with Crippen LogP contribution in [0.5, 0.6) is 0 Å². The summed E-state index contributed by atoms with van der Waals surface area (Å²) in [6, 6.07) is 0. The summed E-state index contributed by atoms with van der Waals surface area (Å²) < 4.78 is 22.5. The van der Waals surface area contributed by atoms with Gasteiger partial charge in [0.15, 0.2) is 9.84 Å². The van der Waals surface area contributed by atoms with E-state index in [1.54, 1.807) is 0 Å². The van der Waals surface area contributed by atoms with Crippen LogP contribution < -0.4 is 0 Å². The molecule has 6 atom stereocenters. The van der Waals surface area contributed by atoms with Crippen molar-refractivity contribution in [2.75, 3.05) is 11.5 Å². The third-order valence-electron chi connectivity index (χ3n) is 2.10. The maximum absolute atomic E-state index is 11.3. The van der Waals surface area contributed by atoms with Crippen molar-refractivity contribution in [2.24, 2.45) is 5.92 Å². The van der Waals surface area contributed by atoms with Gasteiger partial charge in [0, 0.05) is 5.66 Å². The van der Waals surface area contributed by atoms with Crippen molar-refractivity contribution in [3.8, 4) is 0 Å². The van der Waals surface area contributed by atoms with E-state index in [1.807, 2.05) is 0 Å². The Balaban J connectivity index is 2.70. The molecule has 1 fully saturated rings. The van der Waals surface area contributed by atoms with Crippen LogP contribution in [0.4, 0.5) is 0 Å². The highest BCUT2D eigenvalue weighted by Crippen LogP contribution is 2.71. The molecule has 0 aliphatic carbocycles. The molecule has 72 valence electrons. The van der Waals surface area contributed by atoms with E-state index in [0.717, 1.165) is 7.96 Å². The fourth-order valence-electron chi connectivity index (χ4n) is 1.45. The summed E-state index contributed by atoms with van der Waals surface area (Å²) in [6.07, 6.45) is 0. The molecule has 1 aliphatic rings. The second kappa shape index (κ2) is 4.46. The predicted molar refractivity (Wildman–Crippen MR) is 66.3 cm³/mol. The number of hydrogen-bond donors (Lipinski definition) is 0. The molecule has 6 unspecified atom stereocenters. The molecule has 0 saturated carbocycles. The lowest BCUT2D eigenvalue weighted by Crippen LogP contribution is -2.09. The van der Waals surface area contributed by atoms with E-state index in [2.05, 4.69) is 24.8 Å². The lowest BCUT2D eigenvalue weighted by molar-refractivity contribution is 0.599. The first-order valence-corrected chi connectivity index (χ1v) is 12.2. The number of hydrogen-bond acceptors (Lipinski definition) is 2. The molecule has 0 radical (unpaired) electrons. The normalized spacial score (nSPS) is 37.6. The molecular weight excluding hydrogens is 248 g/mol. The van der Waals surface area contributed by atoms with Crippen molar-refractivity contribution >= 4 is 43.0 Å². The van der Waals surface area contributed by atoms with Crippen LogP contribution in [0.2, 0.25) is 0 Å². The molecule has 1 rings (SSSR count). The zero-order chi connectivity index (χ0) is 9.35. The molecule has 2 nitrogen and oxygen atoms in total. The SMILES string of the molecule is CC1CS(=O)(=O)CC1P(P)PP. The van der Waals surface area contributed by atoms with Crippen LogP contribution in [-0.2, 0) is 9.84 Å². The van der Waals surface area contributed by atoms with E-state index < -0.39 is 9.84 Å². The minimum absolute atomic E-state index is 0.149. The van der Waals surface area contributed by atoms with Gasteiger partial charge in [-0.15, -0.1) is 17.9 Å². The Labute approximate surface area is 81.6 Å². The van der Waals surface area contributed by atoms with Crippen molar-refractivity contribution in [1.82, 2.24) is 0 Å². The Morgan fingerprint density at radius 2 is 2.08 bits per heavy atom. The van der Waals surface area contributed by atoms with Gasteiger partial charge in [-0.1, -0.05) is 22.2 Å². The van der Waals surface area contributed by atoms with Gasteiger partial charge >= 0.3 is 0 Å². The molecule has 7 heteroatoms. The average Bonchev–Trinajstić information content (AvgIpc) is 2.23. The smallest absolute Gasteiger partial charge is 0.151 e. The van der Waals surface area contributed by atoms with Crippen molar-refractivity contribution in [1.29, 1.82) is 0 Å². The maximum atomic E-state index is 11.3. The van der Waals surface area contributed by atoms with Crippen LogP contribution in [0.3, 0.4) is 0 Å². The van der Waals surface area contributed by atoms with Crippen LogP contribution in [0, 0.1) is 5.92 Å². The Morgan fingerprint density at radius 3 is 2.42 bits per heavy atom. The Bertz CT molecular complexity index is 252. The molecule has 1 aliphatic heterocycles. The first-order chi connectivity index (χ1) is 5.46. The predicted octanol–water partition coefficient (Wildman–Crippen LogP) is 2.08. The van der Waals surface area contributed by atoms with Gasteiger partial charge < -0.3 is 0 Å². The molecule has 0 aromatic rings. The van der Waals surface area contributed by atoms with E-state index in [-0.39, 0.29) is 7.30 Å². The molecule has 0 bridgehead atoms. The van der Waals surface area contributed by atoms with Crippen molar-refractivity contribution in [2.45, 2.75) is 12.6 Å². The summed E-state index contributed by atoms with van der Waals surface area (Å²) in [7, 11) is 3.51. The monoisotopic (exact) mass is 262 g/mol. The third-order valence-corrected chi connectivity index (χ3v) is 15.7. The average molecular weight is 262 g/mol. The number of sulfone groups is 1. The van der Waals surface area contributed by atoms with E-state index in [0.29, 0.717) is 23.1 Å². The molecule has 0 aromatic carbocycles. The lowest BCUT2D eigenvalue weighted by atomic mass is 10.2. The standard InChI is InChI=1S/C5H14O2P4S/c1-4-2-12(6,7)3-5(4)11(9)10-8/h4-5,10H,2-3,8-9H2,1H3. The van der Waals surface area contributed by atoms with Gasteiger partial charge in [-0.25, -0.2) is 8.42 Å². The summed E-state index contributed by atoms with van der Waals surface area (Å²) >= 11 is 0. The largest absolute Gasteiger partial charge is 0.229 e. The van der Waals surface area contributed by atoms with Gasteiger partial charge in [-0.3, -0.25) is 0 Å². The maximum Gasteiger partial charge on any atom is 0.151 e. The van der Waals surface area contributed by atoms with Crippen LogP contribution in [0.25, 0.3) is 0 Å². The third kappa shape index (κ3) is 2.83. The summed E-state index contributed by atoms with van der Waals surface area (Å²) in [5.41, 5.74) is 0.422.